The Morgan fingerprint density at radius 2 is 2.12 bits per heavy atom. The van der Waals surface area contributed by atoms with Crippen LogP contribution in [-0.4, -0.2) is 33.6 Å². The summed E-state index contributed by atoms with van der Waals surface area (Å²) in [5.41, 5.74) is -0.976. The highest BCUT2D eigenvalue weighted by atomic mass is 32.2. The molecule has 0 spiro atoms. The van der Waals surface area contributed by atoms with Crippen LogP contribution in [0.3, 0.4) is 0 Å². The Bertz CT molecular complexity index is 768. The van der Waals surface area contributed by atoms with Crippen molar-refractivity contribution in [1.82, 2.24) is 4.72 Å². The highest BCUT2D eigenvalue weighted by molar-refractivity contribution is 7.89. The van der Waals surface area contributed by atoms with Gasteiger partial charge in [-0.3, -0.25) is 4.79 Å². The fraction of sp³-hybridized carbons (Fsp3) is 0.722. The van der Waals surface area contributed by atoms with Gasteiger partial charge >= 0.3 is 0 Å². The van der Waals surface area contributed by atoms with E-state index in [1.807, 2.05) is 19.1 Å². The maximum atomic E-state index is 12.7. The highest BCUT2D eigenvalue weighted by Crippen LogP contribution is 2.64. The maximum absolute atomic E-state index is 12.7. The molecule has 2 bridgehead atoms. The van der Waals surface area contributed by atoms with E-state index in [0.29, 0.717) is 18.8 Å². The van der Waals surface area contributed by atoms with Crippen molar-refractivity contribution in [2.45, 2.75) is 46.1 Å². The third-order valence-corrected chi connectivity index (χ3v) is 9.00. The van der Waals surface area contributed by atoms with Gasteiger partial charge in [-0.15, -0.1) is 11.3 Å². The topological polar surface area (TPSA) is 72.5 Å². The van der Waals surface area contributed by atoms with E-state index >= 15 is 0 Å². The van der Waals surface area contributed by atoms with Crippen molar-refractivity contribution in [2.75, 3.05) is 19.4 Å². The molecule has 0 radical (unpaired) electrons. The lowest BCUT2D eigenvalue weighted by Crippen LogP contribution is -2.45. The average Bonchev–Trinajstić information content (AvgIpc) is 3.09. The number of carbonyl (C=O) groups excluding carboxylic acids is 1. The number of ether oxygens (including phenoxy) is 1. The van der Waals surface area contributed by atoms with Crippen molar-refractivity contribution >= 4 is 27.1 Å². The summed E-state index contributed by atoms with van der Waals surface area (Å²) in [6.45, 7) is 6.30. The lowest BCUT2D eigenvalue weighted by atomic mass is 9.70. The molecule has 2 aliphatic carbocycles. The molecule has 25 heavy (non-hydrogen) atoms. The van der Waals surface area contributed by atoms with E-state index in [0.717, 1.165) is 16.2 Å². The van der Waals surface area contributed by atoms with Crippen molar-refractivity contribution in [2.24, 2.45) is 16.7 Å². The molecule has 2 saturated carbocycles. The predicted octanol–water partition coefficient (Wildman–Crippen LogP) is 3.06. The summed E-state index contributed by atoms with van der Waals surface area (Å²) in [5.74, 6) is 0.328. The van der Waals surface area contributed by atoms with Gasteiger partial charge in [0.05, 0.1) is 5.75 Å². The van der Waals surface area contributed by atoms with Crippen LogP contribution in [0.2, 0.25) is 0 Å². The van der Waals surface area contributed by atoms with Crippen LogP contribution in [0.15, 0.2) is 12.1 Å². The predicted molar refractivity (Wildman–Crippen MR) is 99.2 cm³/mol. The Morgan fingerprint density at radius 1 is 1.40 bits per heavy atom. The van der Waals surface area contributed by atoms with Gasteiger partial charge in [-0.05, 0) is 43.2 Å². The summed E-state index contributed by atoms with van der Waals surface area (Å²) in [7, 11) is -1.98. The summed E-state index contributed by atoms with van der Waals surface area (Å²) in [6, 6.07) is 3.96. The number of aryl methyl sites for hydroxylation is 1. The number of carbonyl (C=O) groups is 1. The molecule has 5 nitrogen and oxygen atoms in total. The summed E-state index contributed by atoms with van der Waals surface area (Å²) in [4.78, 5) is 14.7. The van der Waals surface area contributed by atoms with E-state index in [-0.39, 0.29) is 29.6 Å². The number of hydrogen-bond donors (Lipinski definition) is 1. The van der Waals surface area contributed by atoms with Crippen LogP contribution in [0, 0.1) is 23.7 Å². The second kappa shape index (κ2) is 6.44. The first kappa shape index (κ1) is 19.0. The molecule has 0 aliphatic heterocycles. The Morgan fingerprint density at radius 3 is 2.60 bits per heavy atom. The fourth-order valence-electron chi connectivity index (χ4n) is 4.61. The molecule has 0 aromatic carbocycles. The molecule has 3 rings (SSSR count). The molecule has 1 aromatic heterocycles. The number of sulfonamides is 1. The van der Waals surface area contributed by atoms with Crippen molar-refractivity contribution in [1.29, 1.82) is 0 Å². The van der Waals surface area contributed by atoms with Gasteiger partial charge in [-0.1, -0.05) is 13.8 Å². The standard InChI is InChI=1S/C18H27NO4S2/c1-12-5-6-15(24-12)14(23-4)10-19-25(21,22)11-18-8-7-13(9-16(18)20)17(18,2)3/h5-6,13-14,19H,7-11H2,1-4H3/t13-,14-,18-/m0/s1. The number of Topliss-reactive ketones (excluding diaryl/α,β-unsaturated/α-hetero) is 1. The van der Waals surface area contributed by atoms with Gasteiger partial charge in [0.2, 0.25) is 10.0 Å². The summed E-state index contributed by atoms with van der Waals surface area (Å²) < 4.78 is 33.6. The molecule has 2 fully saturated rings. The normalized spacial score (nSPS) is 29.3. The summed E-state index contributed by atoms with van der Waals surface area (Å²) >= 11 is 1.60. The van der Waals surface area contributed by atoms with Gasteiger partial charge in [-0.2, -0.15) is 0 Å². The van der Waals surface area contributed by atoms with E-state index < -0.39 is 15.4 Å². The van der Waals surface area contributed by atoms with Crippen LogP contribution < -0.4 is 4.72 Å². The van der Waals surface area contributed by atoms with Crippen LogP contribution in [0.1, 0.15) is 49.0 Å². The summed E-state index contributed by atoms with van der Waals surface area (Å²) in [6.07, 6.45) is 1.85. The molecule has 1 heterocycles. The van der Waals surface area contributed by atoms with E-state index in [1.165, 1.54) is 0 Å². The molecule has 1 aromatic rings. The Labute approximate surface area is 154 Å². The molecular weight excluding hydrogens is 358 g/mol. The second-order valence-electron chi connectivity index (χ2n) is 7.95. The van der Waals surface area contributed by atoms with Gasteiger partial charge in [0.15, 0.2) is 0 Å². The zero-order chi connectivity index (χ0) is 18.5. The number of thiophene rings is 1. The minimum Gasteiger partial charge on any atom is -0.375 e. The lowest BCUT2D eigenvalue weighted by Gasteiger charge is -2.36. The first-order valence-corrected chi connectivity index (χ1v) is 11.2. The number of methoxy groups -OCH3 is 1. The van der Waals surface area contributed by atoms with Gasteiger partial charge in [0, 0.05) is 35.2 Å². The molecule has 140 valence electrons. The SMILES string of the molecule is CO[C@@H](CNS(=O)(=O)C[C@@]12CC[C@@H](CC1=O)C2(C)C)c1ccc(C)s1. The highest BCUT2D eigenvalue weighted by Gasteiger charge is 2.65. The van der Waals surface area contributed by atoms with Crippen molar-refractivity contribution in [3.63, 3.8) is 0 Å². The fourth-order valence-corrected chi connectivity index (χ4v) is 7.40. The number of fused-ring (bicyclic) bond motifs is 2. The van der Waals surface area contributed by atoms with Crippen LogP contribution in [-0.2, 0) is 19.6 Å². The quantitative estimate of drug-likeness (QED) is 0.783. The van der Waals surface area contributed by atoms with Crippen molar-refractivity contribution < 1.29 is 17.9 Å². The second-order valence-corrected chi connectivity index (χ2v) is 11.1. The van der Waals surface area contributed by atoms with Crippen LogP contribution in [0.4, 0.5) is 0 Å². The molecule has 3 atom stereocenters. The van der Waals surface area contributed by atoms with Gasteiger partial charge in [0.1, 0.15) is 11.9 Å². The van der Waals surface area contributed by atoms with Crippen LogP contribution in [0.5, 0.6) is 0 Å². The molecule has 0 amide bonds. The minimum absolute atomic E-state index is 0.109. The first-order chi connectivity index (χ1) is 11.6. The average molecular weight is 386 g/mol. The Hall–Kier alpha value is -0.760. The number of hydrogen-bond acceptors (Lipinski definition) is 5. The zero-order valence-corrected chi connectivity index (χ0v) is 16.9. The van der Waals surface area contributed by atoms with E-state index in [9.17, 15) is 13.2 Å². The number of rotatable bonds is 7. The largest absolute Gasteiger partial charge is 0.375 e. The monoisotopic (exact) mass is 385 g/mol. The number of ketones is 1. The summed E-state index contributed by atoms with van der Waals surface area (Å²) in [5, 5.41) is 0. The molecule has 0 saturated heterocycles. The van der Waals surface area contributed by atoms with Gasteiger partial charge in [0.25, 0.3) is 0 Å². The van der Waals surface area contributed by atoms with Gasteiger partial charge < -0.3 is 4.74 Å². The van der Waals surface area contributed by atoms with E-state index in [2.05, 4.69) is 18.6 Å². The molecule has 2 aliphatic rings. The lowest BCUT2D eigenvalue weighted by molar-refractivity contribution is -0.128. The third-order valence-electron chi connectivity index (χ3n) is 6.43. The molecule has 0 unspecified atom stereocenters. The van der Waals surface area contributed by atoms with Crippen molar-refractivity contribution in [3.8, 4) is 0 Å². The molecule has 7 heteroatoms. The van der Waals surface area contributed by atoms with Gasteiger partial charge in [-0.25, -0.2) is 13.1 Å². The van der Waals surface area contributed by atoms with Crippen molar-refractivity contribution in [3.05, 3.63) is 21.9 Å². The third kappa shape index (κ3) is 3.20. The Balaban J connectivity index is 1.71. The van der Waals surface area contributed by atoms with Crippen LogP contribution >= 0.6 is 11.3 Å². The van der Waals surface area contributed by atoms with E-state index in [4.69, 9.17) is 4.74 Å². The maximum Gasteiger partial charge on any atom is 0.212 e. The molecular formula is C18H27NO4S2. The zero-order valence-electron chi connectivity index (χ0n) is 15.3. The van der Waals surface area contributed by atoms with Crippen LogP contribution in [0.25, 0.3) is 0 Å². The van der Waals surface area contributed by atoms with E-state index in [1.54, 1.807) is 18.4 Å². The molecule has 1 N–H and O–H groups in total. The minimum atomic E-state index is -3.57. The Kier molecular flexibility index (Phi) is 4.90. The number of nitrogens with one attached hydrogen (secondary N) is 1. The first-order valence-electron chi connectivity index (χ1n) is 8.71. The smallest absolute Gasteiger partial charge is 0.212 e.